The highest BCUT2D eigenvalue weighted by atomic mass is 19.3. The number of alkyl halides is 2. The van der Waals surface area contributed by atoms with E-state index in [1.807, 2.05) is 24.3 Å². The molecule has 1 aromatic heterocycles. The van der Waals surface area contributed by atoms with Gasteiger partial charge >= 0.3 is 6.61 Å². The lowest BCUT2D eigenvalue weighted by molar-refractivity contribution is -0.125. The molecule has 2 aromatic carbocycles. The summed E-state index contributed by atoms with van der Waals surface area (Å²) >= 11 is 0. The van der Waals surface area contributed by atoms with Crippen LogP contribution >= 0.6 is 0 Å². The first-order valence-electron chi connectivity index (χ1n) is 9.13. The summed E-state index contributed by atoms with van der Waals surface area (Å²) in [7, 11) is 1.32. The number of benzene rings is 2. The smallest absolute Gasteiger partial charge is 0.387 e. The molecule has 9 heteroatoms. The van der Waals surface area contributed by atoms with Crippen LogP contribution in [0.2, 0.25) is 0 Å². The van der Waals surface area contributed by atoms with Gasteiger partial charge in [-0.25, -0.2) is 0 Å². The second kappa shape index (κ2) is 9.25. The van der Waals surface area contributed by atoms with E-state index in [-0.39, 0.29) is 29.5 Å². The number of halogens is 2. The minimum atomic E-state index is -3.04. The maximum Gasteiger partial charge on any atom is 0.387 e. The van der Waals surface area contributed by atoms with Crippen molar-refractivity contribution in [3.63, 3.8) is 0 Å². The molecule has 3 N–H and O–H groups in total. The first-order chi connectivity index (χ1) is 14.4. The van der Waals surface area contributed by atoms with Gasteiger partial charge in [0.05, 0.1) is 7.11 Å². The molecular formula is C21H21F2N3O4. The van der Waals surface area contributed by atoms with E-state index < -0.39 is 18.6 Å². The number of carbonyl (C=O) groups is 2. The lowest BCUT2D eigenvalue weighted by Gasteiger charge is -2.18. The molecule has 30 heavy (non-hydrogen) atoms. The standard InChI is InChI=1S/C21H21F2N3O4/c1-12(27)25-17(9-13-11-24-16-6-4-3-5-15(13)16)20(28)26-14-7-8-18(29-2)19(10-14)30-21(22)23/h3-8,10-11,17,21,24H,9H2,1-2H3,(H,25,27)(H,26,28). The summed E-state index contributed by atoms with van der Waals surface area (Å²) in [6, 6.07) is 10.9. The van der Waals surface area contributed by atoms with Gasteiger partial charge in [-0.3, -0.25) is 9.59 Å². The Balaban J connectivity index is 1.81. The number of fused-ring (bicyclic) bond motifs is 1. The highest BCUT2D eigenvalue weighted by Crippen LogP contribution is 2.31. The quantitative estimate of drug-likeness (QED) is 0.523. The highest BCUT2D eigenvalue weighted by Gasteiger charge is 2.22. The van der Waals surface area contributed by atoms with E-state index in [1.165, 1.54) is 32.2 Å². The fourth-order valence-electron chi connectivity index (χ4n) is 3.15. The van der Waals surface area contributed by atoms with Crippen LogP contribution in [0.4, 0.5) is 14.5 Å². The molecule has 0 aliphatic rings. The number of carbonyl (C=O) groups excluding carboxylic acids is 2. The van der Waals surface area contributed by atoms with Gasteiger partial charge in [0.15, 0.2) is 11.5 Å². The van der Waals surface area contributed by atoms with Gasteiger partial charge in [0, 0.05) is 42.2 Å². The van der Waals surface area contributed by atoms with Crippen molar-refractivity contribution in [1.29, 1.82) is 0 Å². The molecular weight excluding hydrogens is 396 g/mol. The summed E-state index contributed by atoms with van der Waals surface area (Å²) in [6.07, 6.45) is 2.03. The van der Waals surface area contributed by atoms with E-state index in [1.54, 1.807) is 6.20 Å². The zero-order chi connectivity index (χ0) is 21.7. The monoisotopic (exact) mass is 417 g/mol. The first-order valence-corrected chi connectivity index (χ1v) is 9.13. The van der Waals surface area contributed by atoms with E-state index in [0.717, 1.165) is 16.5 Å². The molecule has 1 heterocycles. The molecule has 0 saturated heterocycles. The van der Waals surface area contributed by atoms with Crippen LogP contribution in [0.5, 0.6) is 11.5 Å². The Labute approximate surface area is 171 Å². The number of anilines is 1. The van der Waals surface area contributed by atoms with Crippen molar-refractivity contribution in [2.24, 2.45) is 0 Å². The second-order valence-corrected chi connectivity index (χ2v) is 6.55. The third-order valence-electron chi connectivity index (χ3n) is 4.44. The number of nitrogens with one attached hydrogen (secondary N) is 3. The molecule has 0 fully saturated rings. The molecule has 1 atom stereocenters. The maximum absolute atomic E-state index is 12.8. The molecule has 0 aliphatic carbocycles. The van der Waals surface area contributed by atoms with Crippen molar-refractivity contribution >= 4 is 28.4 Å². The van der Waals surface area contributed by atoms with Crippen LogP contribution < -0.4 is 20.1 Å². The SMILES string of the molecule is COc1ccc(NC(=O)C(Cc2c[nH]c3ccccc23)NC(C)=O)cc1OC(F)F. The molecule has 1 unspecified atom stereocenters. The van der Waals surface area contributed by atoms with E-state index in [9.17, 15) is 18.4 Å². The average Bonchev–Trinajstić information content (AvgIpc) is 3.10. The number of aromatic amines is 1. The Hall–Kier alpha value is -3.62. The minimum Gasteiger partial charge on any atom is -0.493 e. The number of rotatable bonds is 8. The molecule has 7 nitrogen and oxygen atoms in total. The summed E-state index contributed by atoms with van der Waals surface area (Å²) in [6.45, 7) is -1.73. The normalized spacial score (nSPS) is 11.9. The van der Waals surface area contributed by atoms with Crippen LogP contribution in [0.15, 0.2) is 48.7 Å². The van der Waals surface area contributed by atoms with E-state index >= 15 is 0 Å². The number of hydrogen-bond acceptors (Lipinski definition) is 4. The number of H-pyrrole nitrogens is 1. The fourth-order valence-corrected chi connectivity index (χ4v) is 3.15. The number of amides is 2. The van der Waals surface area contributed by atoms with Crippen LogP contribution in [-0.2, 0) is 16.0 Å². The third-order valence-corrected chi connectivity index (χ3v) is 4.44. The zero-order valence-corrected chi connectivity index (χ0v) is 16.4. The van der Waals surface area contributed by atoms with Crippen molar-refractivity contribution in [1.82, 2.24) is 10.3 Å². The minimum absolute atomic E-state index is 0.102. The molecule has 0 saturated carbocycles. The lowest BCUT2D eigenvalue weighted by Crippen LogP contribution is -2.44. The fraction of sp³-hybridized carbons (Fsp3) is 0.238. The van der Waals surface area contributed by atoms with Crippen LogP contribution in [0.3, 0.4) is 0 Å². The Morgan fingerprint density at radius 3 is 2.60 bits per heavy atom. The Bertz CT molecular complexity index is 1050. The van der Waals surface area contributed by atoms with Crippen molar-refractivity contribution in [2.45, 2.75) is 26.0 Å². The molecule has 3 aromatic rings. The topological polar surface area (TPSA) is 92.5 Å². The third kappa shape index (κ3) is 5.05. The van der Waals surface area contributed by atoms with Gasteiger partial charge in [-0.2, -0.15) is 8.78 Å². The van der Waals surface area contributed by atoms with Crippen molar-refractivity contribution in [3.05, 3.63) is 54.2 Å². The molecule has 0 aliphatic heterocycles. The molecule has 0 bridgehead atoms. The number of hydrogen-bond donors (Lipinski definition) is 3. The van der Waals surface area contributed by atoms with Gasteiger partial charge in [-0.15, -0.1) is 0 Å². The van der Waals surface area contributed by atoms with Gasteiger partial charge in [-0.05, 0) is 23.8 Å². The van der Waals surface area contributed by atoms with E-state index in [4.69, 9.17) is 4.74 Å². The van der Waals surface area contributed by atoms with Gasteiger partial charge in [0.2, 0.25) is 11.8 Å². The Kier molecular flexibility index (Phi) is 6.51. The number of ether oxygens (including phenoxy) is 2. The van der Waals surface area contributed by atoms with Gasteiger partial charge in [-0.1, -0.05) is 18.2 Å². The lowest BCUT2D eigenvalue weighted by atomic mass is 10.0. The number of methoxy groups -OCH3 is 1. The summed E-state index contributed by atoms with van der Waals surface area (Å²) in [5.74, 6) is -0.974. The molecule has 3 rings (SSSR count). The van der Waals surface area contributed by atoms with Gasteiger partial charge < -0.3 is 25.1 Å². The molecule has 2 amide bonds. The van der Waals surface area contributed by atoms with Crippen molar-refractivity contribution < 1.29 is 27.8 Å². The second-order valence-electron chi connectivity index (χ2n) is 6.55. The predicted molar refractivity (Wildman–Crippen MR) is 108 cm³/mol. The van der Waals surface area contributed by atoms with Gasteiger partial charge in [0.25, 0.3) is 0 Å². The van der Waals surface area contributed by atoms with Crippen LogP contribution in [0.1, 0.15) is 12.5 Å². The summed E-state index contributed by atoms with van der Waals surface area (Å²) in [5.41, 5.74) is 2.00. The van der Waals surface area contributed by atoms with Crippen LogP contribution in [0, 0.1) is 0 Å². The first kappa shape index (κ1) is 21.1. The summed E-state index contributed by atoms with van der Waals surface area (Å²) < 4.78 is 34.7. The van der Waals surface area contributed by atoms with E-state index in [2.05, 4.69) is 20.4 Å². The molecule has 158 valence electrons. The number of aromatic nitrogens is 1. The summed E-state index contributed by atoms with van der Waals surface area (Å²) in [4.78, 5) is 27.6. The van der Waals surface area contributed by atoms with E-state index in [0.29, 0.717) is 0 Å². The number of para-hydroxylation sites is 1. The predicted octanol–water partition coefficient (Wildman–Crippen LogP) is 3.46. The molecule has 0 spiro atoms. The Morgan fingerprint density at radius 1 is 1.13 bits per heavy atom. The molecule has 0 radical (unpaired) electrons. The van der Waals surface area contributed by atoms with Crippen molar-refractivity contribution in [3.8, 4) is 11.5 Å². The van der Waals surface area contributed by atoms with Crippen LogP contribution in [-0.4, -0.2) is 36.6 Å². The zero-order valence-electron chi connectivity index (χ0n) is 16.4. The average molecular weight is 417 g/mol. The highest BCUT2D eigenvalue weighted by molar-refractivity contribution is 5.98. The van der Waals surface area contributed by atoms with Crippen molar-refractivity contribution in [2.75, 3.05) is 12.4 Å². The van der Waals surface area contributed by atoms with Crippen LogP contribution in [0.25, 0.3) is 10.9 Å². The largest absolute Gasteiger partial charge is 0.493 e. The maximum atomic E-state index is 12.8. The van der Waals surface area contributed by atoms with Gasteiger partial charge in [0.1, 0.15) is 6.04 Å². The Morgan fingerprint density at radius 2 is 1.90 bits per heavy atom. The summed E-state index contributed by atoms with van der Waals surface area (Å²) in [5, 5.41) is 6.20.